The van der Waals surface area contributed by atoms with E-state index in [9.17, 15) is 9.18 Å². The van der Waals surface area contributed by atoms with E-state index in [0.29, 0.717) is 28.2 Å². The Morgan fingerprint density at radius 1 is 1.06 bits per heavy atom. The van der Waals surface area contributed by atoms with Gasteiger partial charge in [0.1, 0.15) is 5.82 Å². The Labute approximate surface area is 187 Å². The van der Waals surface area contributed by atoms with Crippen LogP contribution in [0.2, 0.25) is 0 Å². The Bertz CT molecular complexity index is 1210. The van der Waals surface area contributed by atoms with E-state index in [4.69, 9.17) is 0 Å². The first-order valence-corrected chi connectivity index (χ1v) is 9.97. The van der Waals surface area contributed by atoms with Crippen LogP contribution in [0.3, 0.4) is 0 Å². The van der Waals surface area contributed by atoms with Crippen molar-refractivity contribution in [3.05, 3.63) is 121 Å². The maximum Gasteiger partial charge on any atom is 0.255 e. The van der Waals surface area contributed by atoms with Gasteiger partial charge >= 0.3 is 0 Å². The summed E-state index contributed by atoms with van der Waals surface area (Å²) in [6.45, 7) is 13.2. The average molecular weight is 426 g/mol. The second kappa shape index (κ2) is 10.2. The van der Waals surface area contributed by atoms with E-state index in [1.165, 1.54) is 18.2 Å². The van der Waals surface area contributed by atoms with E-state index in [-0.39, 0.29) is 11.7 Å². The highest BCUT2D eigenvalue weighted by Crippen LogP contribution is 2.26. The minimum Gasteiger partial charge on any atom is -0.354 e. The fraction of sp³-hybridized carbons (Fsp3) is 0.0370. The number of nitrogens with one attached hydrogen (secondary N) is 2. The van der Waals surface area contributed by atoms with Crippen LogP contribution in [-0.2, 0) is 4.79 Å². The number of hydrogen-bond acceptors (Lipinski definition) is 3. The quantitative estimate of drug-likeness (QED) is 0.319. The lowest BCUT2D eigenvalue weighted by atomic mass is 10.1. The summed E-state index contributed by atoms with van der Waals surface area (Å²) in [5, 5.41) is 6.06. The molecule has 0 aliphatic carbocycles. The van der Waals surface area contributed by atoms with E-state index in [0.717, 1.165) is 16.8 Å². The minimum atomic E-state index is -0.308. The Morgan fingerprint density at radius 3 is 2.41 bits per heavy atom. The third-order valence-electron chi connectivity index (χ3n) is 4.82. The van der Waals surface area contributed by atoms with Gasteiger partial charge in [-0.3, -0.25) is 9.78 Å². The van der Waals surface area contributed by atoms with E-state index in [1.807, 2.05) is 25.1 Å². The normalized spacial score (nSPS) is 10.9. The summed E-state index contributed by atoms with van der Waals surface area (Å²) >= 11 is 0. The van der Waals surface area contributed by atoms with Crippen molar-refractivity contribution >= 4 is 23.0 Å². The second-order valence-corrected chi connectivity index (χ2v) is 7.06. The first-order chi connectivity index (χ1) is 15.4. The van der Waals surface area contributed by atoms with Crippen LogP contribution in [0.5, 0.6) is 0 Å². The lowest BCUT2D eigenvalue weighted by molar-refractivity contribution is -0.112. The Balaban J connectivity index is 1.70. The number of aromatic nitrogens is 1. The number of rotatable bonds is 8. The van der Waals surface area contributed by atoms with Crippen molar-refractivity contribution < 1.29 is 9.18 Å². The topological polar surface area (TPSA) is 54.0 Å². The molecule has 1 heterocycles. The van der Waals surface area contributed by atoms with Gasteiger partial charge in [-0.25, -0.2) is 4.39 Å². The van der Waals surface area contributed by atoms with Gasteiger partial charge in [0.15, 0.2) is 0 Å². The molecule has 0 bridgehead atoms. The number of hydrogen-bond donors (Lipinski definition) is 2. The highest BCUT2D eigenvalue weighted by atomic mass is 19.1. The molecule has 0 saturated carbocycles. The Hall–Kier alpha value is -4.25. The molecule has 0 fully saturated rings. The largest absolute Gasteiger partial charge is 0.354 e. The van der Waals surface area contributed by atoms with Gasteiger partial charge in [-0.2, -0.15) is 0 Å². The van der Waals surface area contributed by atoms with Gasteiger partial charge in [-0.15, -0.1) is 0 Å². The summed E-state index contributed by atoms with van der Waals surface area (Å²) in [5.74, 6) is -0.571. The average Bonchev–Trinajstić information content (AvgIpc) is 2.79. The highest BCUT2D eigenvalue weighted by molar-refractivity contribution is 6.05. The standard InChI is InChI=1S/C27H24FN3O/c1-5-9-20(6-2)27(32)31-22-14-12-21(13-15-22)19(4)30-26-17-29-25(16-18(26)3)23-10-7-8-11-24(23)28/h5-17,30H,1-2,4H2,3H3,(H,31,32)/b20-9+. The summed E-state index contributed by atoms with van der Waals surface area (Å²) in [5.41, 5.74) is 5.32. The first-order valence-electron chi connectivity index (χ1n) is 9.97. The number of carbonyl (C=O) groups excluding carboxylic acids is 1. The zero-order chi connectivity index (χ0) is 23.1. The van der Waals surface area contributed by atoms with E-state index in [2.05, 4.69) is 35.4 Å². The van der Waals surface area contributed by atoms with E-state index >= 15 is 0 Å². The van der Waals surface area contributed by atoms with Gasteiger partial charge < -0.3 is 10.6 Å². The molecule has 0 saturated heterocycles. The molecule has 160 valence electrons. The smallest absolute Gasteiger partial charge is 0.255 e. The van der Waals surface area contributed by atoms with Gasteiger partial charge in [0.05, 0.1) is 17.6 Å². The molecule has 0 spiro atoms. The molecule has 1 aromatic heterocycles. The number of aryl methyl sites for hydroxylation is 1. The van der Waals surface area contributed by atoms with Crippen LogP contribution >= 0.6 is 0 Å². The van der Waals surface area contributed by atoms with Crippen LogP contribution < -0.4 is 10.6 Å². The van der Waals surface area contributed by atoms with Crippen LogP contribution in [0.15, 0.2) is 104 Å². The molecule has 2 aromatic carbocycles. The monoisotopic (exact) mass is 425 g/mol. The summed E-state index contributed by atoms with van der Waals surface area (Å²) < 4.78 is 14.0. The molecule has 5 heteroatoms. The summed E-state index contributed by atoms with van der Waals surface area (Å²) in [4.78, 5) is 16.6. The van der Waals surface area contributed by atoms with Crippen LogP contribution in [0.4, 0.5) is 15.8 Å². The molecule has 0 atom stereocenters. The maximum absolute atomic E-state index is 14.0. The summed E-state index contributed by atoms with van der Waals surface area (Å²) in [6, 6.07) is 15.7. The number of pyridine rings is 1. The predicted octanol–water partition coefficient (Wildman–Crippen LogP) is 6.52. The third-order valence-corrected chi connectivity index (χ3v) is 4.82. The van der Waals surface area contributed by atoms with Crippen LogP contribution in [0.25, 0.3) is 17.0 Å². The minimum absolute atomic E-state index is 0.263. The highest BCUT2D eigenvalue weighted by Gasteiger charge is 2.10. The third kappa shape index (κ3) is 5.26. The molecule has 0 aliphatic rings. The van der Waals surface area contributed by atoms with E-state index in [1.54, 1.807) is 42.6 Å². The molecule has 2 N–H and O–H groups in total. The van der Waals surface area contributed by atoms with Crippen molar-refractivity contribution in [1.29, 1.82) is 0 Å². The van der Waals surface area contributed by atoms with Crippen molar-refractivity contribution in [3.63, 3.8) is 0 Å². The number of amides is 1. The van der Waals surface area contributed by atoms with Crippen molar-refractivity contribution in [3.8, 4) is 11.3 Å². The lowest BCUT2D eigenvalue weighted by Gasteiger charge is -2.14. The number of anilines is 2. The molecule has 0 radical (unpaired) electrons. The lowest BCUT2D eigenvalue weighted by Crippen LogP contribution is -2.13. The van der Waals surface area contributed by atoms with Crippen LogP contribution in [0, 0.1) is 12.7 Å². The Morgan fingerprint density at radius 2 is 1.78 bits per heavy atom. The SMILES string of the molecule is C=C/C=C(\C=C)C(=O)Nc1ccc(C(=C)Nc2cnc(-c3ccccc3F)cc2C)cc1. The molecule has 1 amide bonds. The second-order valence-electron chi connectivity index (χ2n) is 7.06. The molecule has 0 unspecified atom stereocenters. The van der Waals surface area contributed by atoms with Crippen molar-refractivity contribution in [2.24, 2.45) is 0 Å². The van der Waals surface area contributed by atoms with Gasteiger partial charge in [0.2, 0.25) is 0 Å². The number of halogens is 1. The maximum atomic E-state index is 14.0. The Kier molecular flexibility index (Phi) is 7.13. The van der Waals surface area contributed by atoms with Gasteiger partial charge in [-0.1, -0.05) is 62.2 Å². The molecular weight excluding hydrogens is 401 g/mol. The van der Waals surface area contributed by atoms with Crippen molar-refractivity contribution in [1.82, 2.24) is 4.98 Å². The van der Waals surface area contributed by atoms with Crippen molar-refractivity contribution in [2.75, 3.05) is 10.6 Å². The fourth-order valence-corrected chi connectivity index (χ4v) is 3.06. The van der Waals surface area contributed by atoms with Crippen molar-refractivity contribution in [2.45, 2.75) is 6.92 Å². The first kappa shape index (κ1) is 22.4. The summed E-state index contributed by atoms with van der Waals surface area (Å²) in [6.07, 6.45) is 6.27. The fourth-order valence-electron chi connectivity index (χ4n) is 3.06. The predicted molar refractivity (Wildman–Crippen MR) is 131 cm³/mol. The molecule has 4 nitrogen and oxygen atoms in total. The van der Waals surface area contributed by atoms with E-state index < -0.39 is 0 Å². The zero-order valence-corrected chi connectivity index (χ0v) is 17.9. The van der Waals surface area contributed by atoms with Gasteiger partial charge in [0.25, 0.3) is 5.91 Å². The number of carbonyl (C=O) groups is 1. The number of allylic oxidation sites excluding steroid dienone is 2. The number of nitrogens with zero attached hydrogens (tertiary/aromatic N) is 1. The molecule has 0 aliphatic heterocycles. The molecule has 32 heavy (non-hydrogen) atoms. The summed E-state index contributed by atoms with van der Waals surface area (Å²) in [7, 11) is 0. The molecular formula is C27H24FN3O. The van der Waals surface area contributed by atoms with Gasteiger partial charge in [0, 0.05) is 22.5 Å². The molecule has 3 rings (SSSR count). The zero-order valence-electron chi connectivity index (χ0n) is 17.9. The molecule has 3 aromatic rings. The van der Waals surface area contributed by atoms with Crippen LogP contribution in [-0.4, -0.2) is 10.9 Å². The van der Waals surface area contributed by atoms with Gasteiger partial charge in [-0.05, 0) is 48.4 Å². The number of benzene rings is 2. The van der Waals surface area contributed by atoms with Crippen LogP contribution in [0.1, 0.15) is 11.1 Å².